The summed E-state index contributed by atoms with van der Waals surface area (Å²) in [6.45, 7) is 6.54. The van der Waals surface area contributed by atoms with Crippen molar-refractivity contribution in [2.75, 3.05) is 0 Å². The molecular formula is C22H21F. The van der Waals surface area contributed by atoms with Crippen LogP contribution in [0.2, 0.25) is 0 Å². The average molecular weight is 304 g/mol. The fourth-order valence-corrected chi connectivity index (χ4v) is 3.11. The van der Waals surface area contributed by atoms with E-state index in [-0.39, 0.29) is 11.2 Å². The summed E-state index contributed by atoms with van der Waals surface area (Å²) in [6.07, 6.45) is 0. The second kappa shape index (κ2) is 6.00. The highest BCUT2D eigenvalue weighted by Crippen LogP contribution is 2.40. The van der Waals surface area contributed by atoms with Crippen molar-refractivity contribution in [2.45, 2.75) is 26.2 Å². The fraction of sp³-hybridized carbons (Fsp3) is 0.182. The van der Waals surface area contributed by atoms with Crippen LogP contribution in [0.5, 0.6) is 0 Å². The summed E-state index contributed by atoms with van der Waals surface area (Å²) < 4.78 is 14.4. The van der Waals surface area contributed by atoms with Crippen LogP contribution in [0.3, 0.4) is 0 Å². The third-order valence-electron chi connectivity index (χ3n) is 4.02. The Morgan fingerprint density at radius 3 is 1.39 bits per heavy atom. The molecule has 0 fully saturated rings. The number of hydrogen-bond acceptors (Lipinski definition) is 0. The topological polar surface area (TPSA) is 0 Å². The molecule has 3 aromatic carbocycles. The number of halogens is 1. The predicted octanol–water partition coefficient (Wildman–Crippen LogP) is 6.46. The minimum Gasteiger partial charge on any atom is -0.207 e. The van der Waals surface area contributed by atoms with Gasteiger partial charge in [0.1, 0.15) is 5.82 Å². The van der Waals surface area contributed by atoms with Gasteiger partial charge in [0.25, 0.3) is 0 Å². The molecule has 0 saturated heterocycles. The number of hydrogen-bond donors (Lipinski definition) is 0. The highest BCUT2D eigenvalue weighted by atomic mass is 19.1. The third kappa shape index (κ3) is 3.19. The van der Waals surface area contributed by atoms with Crippen LogP contribution in [0.4, 0.5) is 4.39 Å². The minimum absolute atomic E-state index is 0.0932. The van der Waals surface area contributed by atoms with E-state index in [9.17, 15) is 4.39 Å². The summed E-state index contributed by atoms with van der Waals surface area (Å²) in [5.74, 6) is -0.198. The maximum absolute atomic E-state index is 14.4. The highest BCUT2D eigenvalue weighted by Gasteiger charge is 2.24. The first kappa shape index (κ1) is 15.5. The van der Waals surface area contributed by atoms with Crippen molar-refractivity contribution < 1.29 is 4.39 Å². The quantitative estimate of drug-likeness (QED) is 0.510. The molecule has 0 amide bonds. The molecule has 0 saturated carbocycles. The van der Waals surface area contributed by atoms with E-state index in [1.165, 1.54) is 5.56 Å². The minimum atomic E-state index is -0.198. The molecule has 0 spiro atoms. The lowest BCUT2D eigenvalue weighted by molar-refractivity contribution is 0.587. The van der Waals surface area contributed by atoms with Gasteiger partial charge >= 0.3 is 0 Å². The molecule has 0 atom stereocenters. The molecule has 116 valence electrons. The third-order valence-corrected chi connectivity index (χ3v) is 4.02. The van der Waals surface area contributed by atoms with E-state index >= 15 is 0 Å². The van der Waals surface area contributed by atoms with E-state index in [0.717, 1.165) is 22.3 Å². The van der Waals surface area contributed by atoms with Crippen molar-refractivity contribution in [3.63, 3.8) is 0 Å². The molecule has 0 aromatic heterocycles. The van der Waals surface area contributed by atoms with E-state index in [2.05, 4.69) is 20.8 Å². The smallest absolute Gasteiger partial charge is 0.124 e. The monoisotopic (exact) mass is 304 g/mol. The average Bonchev–Trinajstić information content (AvgIpc) is 2.54. The van der Waals surface area contributed by atoms with Crippen LogP contribution in [-0.4, -0.2) is 0 Å². The van der Waals surface area contributed by atoms with Gasteiger partial charge < -0.3 is 0 Å². The van der Waals surface area contributed by atoms with Gasteiger partial charge in [0.15, 0.2) is 0 Å². The largest absolute Gasteiger partial charge is 0.207 e. The molecule has 3 rings (SSSR count). The fourth-order valence-electron chi connectivity index (χ4n) is 3.11. The van der Waals surface area contributed by atoms with Crippen LogP contribution in [0.25, 0.3) is 22.3 Å². The number of rotatable bonds is 2. The molecule has 0 N–H and O–H groups in total. The Morgan fingerprint density at radius 2 is 1.04 bits per heavy atom. The predicted molar refractivity (Wildman–Crippen MR) is 96.0 cm³/mol. The summed E-state index contributed by atoms with van der Waals surface area (Å²) in [5.41, 5.74) is 5.12. The molecule has 23 heavy (non-hydrogen) atoms. The zero-order chi connectivity index (χ0) is 16.4. The standard InChI is InChI=1S/C22H21F/c1-22(2,3)21-19(16-10-6-4-7-11-16)14-18(23)15-20(21)17-12-8-5-9-13-17/h4-15H,1-3H3. The zero-order valence-corrected chi connectivity index (χ0v) is 13.8. The Bertz CT molecular complexity index is 736. The Kier molecular flexibility index (Phi) is 4.04. The van der Waals surface area contributed by atoms with Crippen LogP contribution in [-0.2, 0) is 5.41 Å². The van der Waals surface area contributed by atoms with Crippen LogP contribution in [0.1, 0.15) is 26.3 Å². The lowest BCUT2D eigenvalue weighted by Gasteiger charge is -2.27. The van der Waals surface area contributed by atoms with E-state index in [0.29, 0.717) is 0 Å². The van der Waals surface area contributed by atoms with E-state index in [1.807, 2.05) is 60.7 Å². The van der Waals surface area contributed by atoms with Crippen LogP contribution >= 0.6 is 0 Å². The maximum atomic E-state index is 14.4. The van der Waals surface area contributed by atoms with Crippen molar-refractivity contribution >= 4 is 0 Å². The van der Waals surface area contributed by atoms with Crippen molar-refractivity contribution in [3.05, 3.63) is 84.2 Å². The van der Waals surface area contributed by atoms with Gasteiger partial charge in [-0.05, 0) is 45.4 Å². The van der Waals surface area contributed by atoms with Crippen molar-refractivity contribution in [1.82, 2.24) is 0 Å². The van der Waals surface area contributed by atoms with Gasteiger partial charge in [-0.15, -0.1) is 0 Å². The molecular weight excluding hydrogens is 283 g/mol. The Morgan fingerprint density at radius 1 is 0.652 bits per heavy atom. The molecule has 0 aliphatic rings. The highest BCUT2D eigenvalue weighted by molar-refractivity contribution is 5.80. The van der Waals surface area contributed by atoms with Gasteiger partial charge in [-0.3, -0.25) is 0 Å². The van der Waals surface area contributed by atoms with Gasteiger partial charge in [0.2, 0.25) is 0 Å². The van der Waals surface area contributed by atoms with Gasteiger partial charge in [-0.25, -0.2) is 4.39 Å². The van der Waals surface area contributed by atoms with E-state index in [4.69, 9.17) is 0 Å². The van der Waals surface area contributed by atoms with Crippen LogP contribution in [0.15, 0.2) is 72.8 Å². The van der Waals surface area contributed by atoms with Crippen molar-refractivity contribution in [2.24, 2.45) is 0 Å². The Balaban J connectivity index is 2.35. The second-order valence-corrected chi connectivity index (χ2v) is 6.86. The SMILES string of the molecule is CC(C)(C)c1c(-c2ccccc2)cc(F)cc1-c1ccccc1. The van der Waals surface area contributed by atoms with Crippen molar-refractivity contribution in [1.29, 1.82) is 0 Å². The van der Waals surface area contributed by atoms with E-state index < -0.39 is 0 Å². The summed E-state index contributed by atoms with van der Waals surface area (Å²) >= 11 is 0. The number of benzene rings is 3. The molecule has 0 heterocycles. The zero-order valence-electron chi connectivity index (χ0n) is 13.8. The summed E-state index contributed by atoms with van der Waals surface area (Å²) in [4.78, 5) is 0. The van der Waals surface area contributed by atoms with E-state index in [1.54, 1.807) is 12.1 Å². The van der Waals surface area contributed by atoms with Gasteiger partial charge in [0, 0.05) is 0 Å². The van der Waals surface area contributed by atoms with Gasteiger partial charge in [0.05, 0.1) is 0 Å². The van der Waals surface area contributed by atoms with Crippen molar-refractivity contribution in [3.8, 4) is 22.3 Å². The molecule has 1 heteroatoms. The van der Waals surface area contributed by atoms with Crippen LogP contribution < -0.4 is 0 Å². The Labute approximate surface area is 137 Å². The Hall–Kier alpha value is -2.41. The van der Waals surface area contributed by atoms with Crippen LogP contribution in [0, 0.1) is 5.82 Å². The lowest BCUT2D eigenvalue weighted by Crippen LogP contribution is -2.15. The molecule has 0 unspecified atom stereocenters. The molecule has 0 radical (unpaired) electrons. The van der Waals surface area contributed by atoms with Gasteiger partial charge in [-0.1, -0.05) is 81.4 Å². The summed E-state index contributed by atoms with van der Waals surface area (Å²) in [6, 6.07) is 23.4. The first-order chi connectivity index (χ1) is 11.0. The summed E-state index contributed by atoms with van der Waals surface area (Å²) in [5, 5.41) is 0. The van der Waals surface area contributed by atoms with Gasteiger partial charge in [-0.2, -0.15) is 0 Å². The maximum Gasteiger partial charge on any atom is 0.124 e. The normalized spacial score (nSPS) is 11.5. The molecule has 0 nitrogen and oxygen atoms in total. The second-order valence-electron chi connectivity index (χ2n) is 6.86. The molecule has 0 bridgehead atoms. The summed E-state index contributed by atoms with van der Waals surface area (Å²) in [7, 11) is 0. The first-order valence-electron chi connectivity index (χ1n) is 7.92. The molecule has 3 aromatic rings. The lowest BCUT2D eigenvalue weighted by atomic mass is 9.77. The molecule has 0 aliphatic carbocycles. The molecule has 0 aliphatic heterocycles. The first-order valence-corrected chi connectivity index (χ1v) is 7.92.